The van der Waals surface area contributed by atoms with Crippen molar-refractivity contribution in [2.75, 3.05) is 0 Å². The fraction of sp³-hybridized carbons (Fsp3) is 0.526. The molecule has 0 heterocycles. The molecule has 0 spiro atoms. The summed E-state index contributed by atoms with van der Waals surface area (Å²) in [6.45, 7) is 11.5. The highest BCUT2D eigenvalue weighted by atomic mass is 16.2. The average molecular weight is 283 g/mol. The molecule has 2 atom stereocenters. The Hall–Kier alpha value is -1.57. The summed E-state index contributed by atoms with van der Waals surface area (Å²) in [6.07, 6.45) is 3.11. The summed E-state index contributed by atoms with van der Waals surface area (Å²) in [4.78, 5) is 12.8. The van der Waals surface area contributed by atoms with Crippen LogP contribution in [0.15, 0.2) is 36.4 Å². The second-order valence-corrected chi connectivity index (χ2v) is 7.39. The molecule has 1 amide bonds. The van der Waals surface area contributed by atoms with Crippen LogP contribution in [0.5, 0.6) is 0 Å². The van der Waals surface area contributed by atoms with Gasteiger partial charge in [0.05, 0.1) is 5.41 Å². The molecule has 2 aliphatic carbocycles. The number of carbonyl (C=O) groups is 1. The fourth-order valence-corrected chi connectivity index (χ4v) is 4.20. The van der Waals surface area contributed by atoms with Crippen molar-refractivity contribution in [3.8, 4) is 0 Å². The van der Waals surface area contributed by atoms with Crippen LogP contribution in [-0.4, -0.2) is 5.91 Å². The van der Waals surface area contributed by atoms with Gasteiger partial charge in [-0.2, -0.15) is 0 Å². The highest BCUT2D eigenvalue weighted by molar-refractivity contribution is 5.87. The van der Waals surface area contributed by atoms with Gasteiger partial charge in [0.25, 0.3) is 0 Å². The fourth-order valence-electron chi connectivity index (χ4n) is 4.20. The van der Waals surface area contributed by atoms with E-state index in [1.807, 2.05) is 0 Å². The molecule has 1 N–H and O–H groups in total. The number of nitrogens with one attached hydrogen (secondary N) is 1. The third-order valence-corrected chi connectivity index (χ3v) is 5.90. The van der Waals surface area contributed by atoms with Crippen LogP contribution in [0.1, 0.15) is 44.2 Å². The van der Waals surface area contributed by atoms with Crippen molar-refractivity contribution in [3.05, 3.63) is 47.5 Å². The third-order valence-electron chi connectivity index (χ3n) is 5.90. The average Bonchev–Trinajstić information content (AvgIpc) is 2.98. The molecule has 2 nitrogen and oxygen atoms in total. The monoisotopic (exact) mass is 283 g/mol. The lowest BCUT2D eigenvalue weighted by Crippen LogP contribution is -2.41. The zero-order valence-corrected chi connectivity index (χ0v) is 13.3. The number of carbonyl (C=O) groups excluding carboxylic acids is 1. The lowest BCUT2D eigenvalue weighted by Gasteiger charge is -2.37. The van der Waals surface area contributed by atoms with E-state index in [2.05, 4.69) is 56.9 Å². The van der Waals surface area contributed by atoms with E-state index >= 15 is 0 Å². The van der Waals surface area contributed by atoms with Gasteiger partial charge in [-0.15, -0.1) is 0 Å². The SMILES string of the molecule is C=C1C(C)(C)[C@H]2CC[C@]1(C(=O)NCc1ccc(C)cc1)C2. The van der Waals surface area contributed by atoms with E-state index in [1.165, 1.54) is 5.56 Å². The Bertz CT molecular complexity index is 584. The Morgan fingerprint density at radius 2 is 2.00 bits per heavy atom. The molecular formula is C19H25NO. The second kappa shape index (κ2) is 4.72. The van der Waals surface area contributed by atoms with Gasteiger partial charge in [0, 0.05) is 6.54 Å². The molecule has 2 fully saturated rings. The summed E-state index contributed by atoms with van der Waals surface area (Å²) in [6, 6.07) is 8.34. The number of fused-ring (bicyclic) bond motifs is 2. The first-order chi connectivity index (χ1) is 9.86. The van der Waals surface area contributed by atoms with Crippen LogP contribution in [0.3, 0.4) is 0 Å². The van der Waals surface area contributed by atoms with E-state index in [0.717, 1.165) is 30.4 Å². The van der Waals surface area contributed by atoms with Gasteiger partial charge in [0.1, 0.15) is 0 Å². The van der Waals surface area contributed by atoms with Crippen molar-refractivity contribution in [3.63, 3.8) is 0 Å². The topological polar surface area (TPSA) is 29.1 Å². The van der Waals surface area contributed by atoms with Gasteiger partial charge in [-0.25, -0.2) is 0 Å². The van der Waals surface area contributed by atoms with Gasteiger partial charge in [0.2, 0.25) is 5.91 Å². The molecule has 0 aliphatic heterocycles. The maximum Gasteiger partial charge on any atom is 0.230 e. The molecule has 1 aromatic carbocycles. The summed E-state index contributed by atoms with van der Waals surface area (Å²) in [5.41, 5.74) is 3.35. The smallest absolute Gasteiger partial charge is 0.230 e. The number of aryl methyl sites for hydroxylation is 1. The lowest BCUT2D eigenvalue weighted by molar-refractivity contribution is -0.128. The van der Waals surface area contributed by atoms with Crippen LogP contribution >= 0.6 is 0 Å². The molecular weight excluding hydrogens is 258 g/mol. The van der Waals surface area contributed by atoms with Gasteiger partial charge in [-0.3, -0.25) is 4.79 Å². The first kappa shape index (κ1) is 14.4. The van der Waals surface area contributed by atoms with Crippen molar-refractivity contribution >= 4 is 5.91 Å². The van der Waals surface area contributed by atoms with Crippen molar-refractivity contribution in [1.82, 2.24) is 5.32 Å². The largest absolute Gasteiger partial charge is 0.351 e. The number of hydrogen-bond donors (Lipinski definition) is 1. The van der Waals surface area contributed by atoms with E-state index < -0.39 is 0 Å². The Balaban J connectivity index is 1.71. The molecule has 21 heavy (non-hydrogen) atoms. The highest BCUT2D eigenvalue weighted by Crippen LogP contribution is 2.65. The summed E-state index contributed by atoms with van der Waals surface area (Å²) in [7, 11) is 0. The second-order valence-electron chi connectivity index (χ2n) is 7.39. The van der Waals surface area contributed by atoms with Crippen molar-refractivity contribution in [2.45, 2.75) is 46.6 Å². The zero-order chi connectivity index (χ0) is 15.3. The standard InChI is InChI=1S/C19H25NO/c1-13-5-7-15(8-6-13)12-20-17(21)19-10-9-16(11-19)18(3,4)14(19)2/h5-8,16H,2,9-12H2,1,3-4H3,(H,20,21)/t16-,19-/m0/s1. The molecule has 1 aromatic rings. The highest BCUT2D eigenvalue weighted by Gasteiger charge is 2.60. The van der Waals surface area contributed by atoms with Gasteiger partial charge in [-0.05, 0) is 43.1 Å². The molecule has 2 aliphatic rings. The number of hydrogen-bond acceptors (Lipinski definition) is 1. The first-order valence-electron chi connectivity index (χ1n) is 7.90. The van der Waals surface area contributed by atoms with Gasteiger partial charge >= 0.3 is 0 Å². The normalized spacial score (nSPS) is 29.7. The van der Waals surface area contributed by atoms with Gasteiger partial charge < -0.3 is 5.32 Å². The first-order valence-corrected chi connectivity index (χ1v) is 7.90. The van der Waals surface area contributed by atoms with Crippen LogP contribution in [0.2, 0.25) is 0 Å². The van der Waals surface area contributed by atoms with Crippen LogP contribution in [0.25, 0.3) is 0 Å². The summed E-state index contributed by atoms with van der Waals surface area (Å²) >= 11 is 0. The number of rotatable bonds is 3. The minimum Gasteiger partial charge on any atom is -0.351 e. The zero-order valence-electron chi connectivity index (χ0n) is 13.3. The van der Waals surface area contributed by atoms with E-state index in [4.69, 9.17) is 0 Å². The van der Waals surface area contributed by atoms with Gasteiger partial charge in [-0.1, -0.05) is 55.8 Å². The van der Waals surface area contributed by atoms with Crippen molar-refractivity contribution in [1.29, 1.82) is 0 Å². The minimum atomic E-state index is -0.307. The molecule has 2 bridgehead atoms. The predicted octanol–water partition coefficient (Wildman–Crippen LogP) is 3.99. The molecule has 0 unspecified atom stereocenters. The van der Waals surface area contributed by atoms with Gasteiger partial charge in [0.15, 0.2) is 0 Å². The summed E-state index contributed by atoms with van der Waals surface area (Å²) in [5, 5.41) is 3.15. The van der Waals surface area contributed by atoms with Crippen molar-refractivity contribution in [2.24, 2.45) is 16.7 Å². The molecule has 2 saturated carbocycles. The molecule has 0 aromatic heterocycles. The van der Waals surface area contributed by atoms with E-state index in [-0.39, 0.29) is 16.7 Å². The minimum absolute atomic E-state index is 0.111. The maximum atomic E-state index is 12.8. The Labute approximate surface area is 127 Å². The lowest BCUT2D eigenvalue weighted by atomic mass is 9.68. The van der Waals surface area contributed by atoms with Crippen LogP contribution < -0.4 is 5.32 Å². The maximum absolute atomic E-state index is 12.8. The Morgan fingerprint density at radius 3 is 2.57 bits per heavy atom. The Morgan fingerprint density at radius 1 is 1.33 bits per heavy atom. The quantitative estimate of drug-likeness (QED) is 0.835. The predicted molar refractivity (Wildman–Crippen MR) is 85.7 cm³/mol. The van der Waals surface area contributed by atoms with Crippen LogP contribution in [0.4, 0.5) is 0 Å². The number of benzene rings is 1. The van der Waals surface area contributed by atoms with Crippen molar-refractivity contribution < 1.29 is 4.79 Å². The van der Waals surface area contributed by atoms with E-state index in [1.54, 1.807) is 0 Å². The summed E-state index contributed by atoms with van der Waals surface area (Å²) in [5.74, 6) is 0.802. The number of amides is 1. The van der Waals surface area contributed by atoms with Crippen LogP contribution in [0, 0.1) is 23.7 Å². The molecule has 0 radical (unpaired) electrons. The van der Waals surface area contributed by atoms with E-state index in [0.29, 0.717) is 12.5 Å². The molecule has 3 rings (SSSR count). The molecule has 112 valence electrons. The Kier molecular flexibility index (Phi) is 3.23. The van der Waals surface area contributed by atoms with E-state index in [9.17, 15) is 4.79 Å². The molecule has 0 saturated heterocycles. The summed E-state index contributed by atoms with van der Waals surface area (Å²) < 4.78 is 0. The third kappa shape index (κ3) is 2.12. The van der Waals surface area contributed by atoms with Crippen LogP contribution in [-0.2, 0) is 11.3 Å². The molecule has 2 heteroatoms.